The van der Waals surface area contributed by atoms with Crippen molar-refractivity contribution in [2.75, 3.05) is 0 Å². The van der Waals surface area contributed by atoms with Crippen LogP contribution in [0.4, 0.5) is 0 Å². The molecule has 0 aromatic carbocycles. The van der Waals surface area contributed by atoms with Crippen molar-refractivity contribution in [2.24, 2.45) is 0 Å². The van der Waals surface area contributed by atoms with E-state index >= 15 is 0 Å². The van der Waals surface area contributed by atoms with Crippen LogP contribution in [-0.4, -0.2) is 11.9 Å². The number of carboxylic acid groups (broad SMARTS) is 2. The topological polar surface area (TPSA) is 80.3 Å². The first kappa shape index (κ1) is 17.7. The van der Waals surface area contributed by atoms with Crippen LogP contribution in [0.25, 0.3) is 0 Å². The van der Waals surface area contributed by atoms with E-state index in [2.05, 4.69) is 0 Å². The van der Waals surface area contributed by atoms with Crippen LogP contribution in [0.15, 0.2) is 0 Å². The number of carboxylic acids is 2. The SMILES string of the molecule is CCCC(=O)[O-].CCCC(=O)[O-].[C+2]. The van der Waals surface area contributed by atoms with Gasteiger partial charge in [0, 0.05) is 11.9 Å². The van der Waals surface area contributed by atoms with Crippen LogP contribution >= 0.6 is 0 Å². The molecule has 0 unspecified atom stereocenters. The number of carbonyl (C=O) groups excluding carboxylic acids is 2. The second-order valence-electron chi connectivity index (χ2n) is 2.24. The molecule has 0 aromatic heterocycles. The van der Waals surface area contributed by atoms with E-state index in [0.29, 0.717) is 12.8 Å². The van der Waals surface area contributed by atoms with Crippen molar-refractivity contribution in [2.45, 2.75) is 39.5 Å². The fourth-order valence-electron chi connectivity index (χ4n) is 0.408. The summed E-state index contributed by atoms with van der Waals surface area (Å²) in [6.07, 6.45) is 1.70. The molecule has 0 bridgehead atoms. The first-order valence-corrected chi connectivity index (χ1v) is 3.94. The fraction of sp³-hybridized carbons (Fsp3) is 0.667. The molecule has 0 fully saturated rings. The van der Waals surface area contributed by atoms with Crippen molar-refractivity contribution in [3.05, 3.63) is 7.43 Å². The van der Waals surface area contributed by atoms with E-state index in [-0.39, 0.29) is 20.3 Å². The minimum Gasteiger partial charge on any atom is -0.550 e. The Kier molecular flexibility index (Phi) is 18.1. The molecule has 0 atom stereocenters. The number of rotatable bonds is 4. The summed E-state index contributed by atoms with van der Waals surface area (Å²) < 4.78 is 0. The summed E-state index contributed by atoms with van der Waals surface area (Å²) >= 11 is 0. The van der Waals surface area contributed by atoms with Gasteiger partial charge >= 0.3 is 7.43 Å². The van der Waals surface area contributed by atoms with Crippen molar-refractivity contribution >= 4 is 11.9 Å². The molecule has 4 nitrogen and oxygen atoms in total. The summed E-state index contributed by atoms with van der Waals surface area (Å²) in [7, 11) is 0. The quantitative estimate of drug-likeness (QED) is 0.573. The zero-order chi connectivity index (χ0) is 9.98. The number of hydrogen-bond acceptors (Lipinski definition) is 4. The maximum Gasteiger partial charge on any atom is 2.00 e. The molecule has 0 heterocycles. The van der Waals surface area contributed by atoms with E-state index in [1.165, 1.54) is 0 Å². The average Bonchev–Trinajstić information content (AvgIpc) is 1.87. The number of hydrogen-bond donors (Lipinski definition) is 0. The minimum absolute atomic E-state index is 0. The van der Waals surface area contributed by atoms with Crippen molar-refractivity contribution in [1.29, 1.82) is 0 Å². The van der Waals surface area contributed by atoms with Gasteiger partial charge in [-0.3, -0.25) is 0 Å². The number of aliphatic carboxylic acids is 2. The third kappa shape index (κ3) is 36.6. The lowest BCUT2D eigenvalue weighted by Crippen LogP contribution is -2.20. The highest BCUT2D eigenvalue weighted by Gasteiger charge is 2.00. The van der Waals surface area contributed by atoms with Crippen LogP contribution in [-0.2, 0) is 9.59 Å². The van der Waals surface area contributed by atoms with Crippen LogP contribution in [0.3, 0.4) is 0 Å². The van der Waals surface area contributed by atoms with E-state index in [0.717, 1.165) is 0 Å². The first-order valence-electron chi connectivity index (χ1n) is 3.94. The Labute approximate surface area is 79.6 Å². The van der Waals surface area contributed by atoms with Gasteiger partial charge < -0.3 is 19.8 Å². The molecule has 74 valence electrons. The van der Waals surface area contributed by atoms with Gasteiger partial charge in [-0.15, -0.1) is 0 Å². The van der Waals surface area contributed by atoms with E-state index < -0.39 is 11.9 Å². The molecule has 13 heavy (non-hydrogen) atoms. The Hall–Kier alpha value is -1.28. The van der Waals surface area contributed by atoms with Crippen LogP contribution in [0.2, 0.25) is 0 Å². The van der Waals surface area contributed by atoms with Crippen molar-refractivity contribution in [3.8, 4) is 0 Å². The fourth-order valence-corrected chi connectivity index (χ4v) is 0.408. The van der Waals surface area contributed by atoms with Gasteiger partial charge in [-0.05, 0) is 12.8 Å². The molecule has 0 aliphatic heterocycles. The summed E-state index contributed by atoms with van der Waals surface area (Å²) in [5, 5.41) is 19.0. The third-order valence-electron chi connectivity index (χ3n) is 0.908. The molecule has 0 spiro atoms. The molecule has 0 aliphatic rings. The van der Waals surface area contributed by atoms with Crippen LogP contribution in [0, 0.1) is 7.43 Å². The first-order chi connectivity index (χ1) is 5.54. The Bertz CT molecular complexity index is 116. The molecule has 0 amide bonds. The summed E-state index contributed by atoms with van der Waals surface area (Å²) in [5.74, 6) is -1.92. The third-order valence-corrected chi connectivity index (χ3v) is 0.908. The standard InChI is InChI=1S/2C4H8O2.C/c2*1-2-3-4(5)6;/h2*2-3H2,1H3,(H,5,6);/q;;+2/p-2. The van der Waals surface area contributed by atoms with Gasteiger partial charge in [0.05, 0.1) is 0 Å². The maximum absolute atomic E-state index is 9.49. The van der Waals surface area contributed by atoms with Crippen LogP contribution < -0.4 is 10.2 Å². The number of carbonyl (C=O) groups is 2. The summed E-state index contributed by atoms with van der Waals surface area (Å²) in [4.78, 5) is 19.0. The second kappa shape index (κ2) is 13.3. The van der Waals surface area contributed by atoms with Crippen molar-refractivity contribution in [1.82, 2.24) is 0 Å². The highest BCUT2D eigenvalue weighted by atomic mass is 16.4. The minimum atomic E-state index is -0.961. The highest BCUT2D eigenvalue weighted by Crippen LogP contribution is 1.79. The largest absolute Gasteiger partial charge is 2.00 e. The zero-order valence-electron chi connectivity index (χ0n) is 7.96. The van der Waals surface area contributed by atoms with Gasteiger partial charge in [-0.25, -0.2) is 0 Å². The molecular weight excluding hydrogens is 172 g/mol. The lowest BCUT2D eigenvalue weighted by atomic mass is 10.4. The van der Waals surface area contributed by atoms with E-state index in [1.54, 1.807) is 13.8 Å². The molecule has 0 rings (SSSR count). The molecule has 0 saturated heterocycles. The van der Waals surface area contributed by atoms with E-state index in [1.807, 2.05) is 0 Å². The van der Waals surface area contributed by atoms with E-state index in [4.69, 9.17) is 0 Å². The van der Waals surface area contributed by atoms with Gasteiger partial charge in [0.2, 0.25) is 0 Å². The Balaban J connectivity index is -0.000000143. The lowest BCUT2D eigenvalue weighted by molar-refractivity contribution is -0.307. The second-order valence-corrected chi connectivity index (χ2v) is 2.24. The Morgan fingerprint density at radius 1 is 0.923 bits per heavy atom. The van der Waals surface area contributed by atoms with Gasteiger partial charge in [0.15, 0.2) is 0 Å². The van der Waals surface area contributed by atoms with Gasteiger partial charge in [0.25, 0.3) is 0 Å². The normalized spacial score (nSPS) is 7.54. The van der Waals surface area contributed by atoms with Crippen molar-refractivity contribution < 1.29 is 19.8 Å². The van der Waals surface area contributed by atoms with Crippen molar-refractivity contribution in [3.63, 3.8) is 0 Å². The molecule has 4 heteroatoms. The smallest absolute Gasteiger partial charge is 0.550 e. The monoisotopic (exact) mass is 186 g/mol. The Morgan fingerprint density at radius 2 is 1.15 bits per heavy atom. The van der Waals surface area contributed by atoms with Gasteiger partial charge in [0.1, 0.15) is 0 Å². The van der Waals surface area contributed by atoms with Crippen LogP contribution in [0.5, 0.6) is 0 Å². The predicted molar refractivity (Wildman–Crippen MR) is 43.1 cm³/mol. The zero-order valence-corrected chi connectivity index (χ0v) is 7.96. The summed E-state index contributed by atoms with van der Waals surface area (Å²) in [6, 6.07) is 0. The lowest BCUT2D eigenvalue weighted by Gasteiger charge is -1.92. The molecule has 0 aromatic rings. The molecule has 2 radical (unpaired) electrons. The van der Waals surface area contributed by atoms with Gasteiger partial charge in [-0.1, -0.05) is 26.7 Å². The maximum atomic E-state index is 9.49. The van der Waals surface area contributed by atoms with Gasteiger partial charge in [-0.2, -0.15) is 0 Å². The average molecular weight is 186 g/mol. The molecule has 0 saturated carbocycles. The molecule has 0 N–H and O–H groups in total. The van der Waals surface area contributed by atoms with E-state index in [9.17, 15) is 19.8 Å². The van der Waals surface area contributed by atoms with Crippen LogP contribution in [0.1, 0.15) is 39.5 Å². The highest BCUT2D eigenvalue weighted by molar-refractivity contribution is 5.64. The summed E-state index contributed by atoms with van der Waals surface area (Å²) in [6.45, 7) is 3.60. The Morgan fingerprint density at radius 3 is 1.15 bits per heavy atom. The molecular formula is C9H14O4. The molecule has 0 aliphatic carbocycles. The predicted octanol–water partition coefficient (Wildman–Crippen LogP) is -0.846. The summed E-state index contributed by atoms with van der Waals surface area (Å²) in [5.41, 5.74) is 0.